The van der Waals surface area contributed by atoms with E-state index in [1.165, 1.54) is 0 Å². The highest BCUT2D eigenvalue weighted by Crippen LogP contribution is 2.24. The predicted octanol–water partition coefficient (Wildman–Crippen LogP) is 1.83. The number of aliphatic hydroxyl groups is 1. The second-order valence-electron chi connectivity index (χ2n) is 5.25. The Morgan fingerprint density at radius 1 is 1.24 bits per heavy atom. The molecule has 1 aromatic heterocycles. The molecule has 0 bridgehead atoms. The Morgan fingerprint density at radius 3 is 2.71 bits per heavy atom. The number of nitrogens with zero attached hydrogens (tertiary/aromatic N) is 3. The maximum absolute atomic E-state index is 10.1. The molecule has 1 aliphatic rings. The van der Waals surface area contributed by atoms with Gasteiger partial charge >= 0.3 is 0 Å². The quantitative estimate of drug-likeness (QED) is 0.807. The van der Waals surface area contributed by atoms with Gasteiger partial charge in [-0.2, -0.15) is 0 Å². The number of rotatable bonds is 1. The first-order valence-electron chi connectivity index (χ1n) is 6.26. The van der Waals surface area contributed by atoms with Crippen LogP contribution in [0.4, 0.5) is 5.82 Å². The molecule has 0 aliphatic carbocycles. The molecule has 1 aromatic rings. The normalized spacial score (nSPS) is 25.8. The average Bonchev–Trinajstić information content (AvgIpc) is 2.38. The number of aryl methyl sites for hydroxylation is 2. The van der Waals surface area contributed by atoms with Crippen LogP contribution < -0.4 is 4.90 Å². The Kier molecular flexibility index (Phi) is 3.33. The Balaban J connectivity index is 2.17. The van der Waals surface area contributed by atoms with E-state index in [0.29, 0.717) is 0 Å². The summed E-state index contributed by atoms with van der Waals surface area (Å²) in [6, 6.07) is 2.02. The summed E-state index contributed by atoms with van der Waals surface area (Å²) < 4.78 is 0. The third-order valence-corrected chi connectivity index (χ3v) is 3.34. The van der Waals surface area contributed by atoms with Crippen LogP contribution in [-0.2, 0) is 0 Å². The van der Waals surface area contributed by atoms with Gasteiger partial charge in [-0.25, -0.2) is 9.97 Å². The van der Waals surface area contributed by atoms with Gasteiger partial charge in [0.05, 0.1) is 5.60 Å². The largest absolute Gasteiger partial charge is 0.390 e. The summed E-state index contributed by atoms with van der Waals surface area (Å²) in [4.78, 5) is 11.0. The molecule has 0 spiro atoms. The van der Waals surface area contributed by atoms with Crippen molar-refractivity contribution in [2.75, 3.05) is 18.0 Å². The van der Waals surface area contributed by atoms with E-state index in [1.54, 1.807) is 0 Å². The van der Waals surface area contributed by atoms with E-state index in [9.17, 15) is 5.11 Å². The number of hydrogen-bond donors (Lipinski definition) is 1. The highest BCUT2D eigenvalue weighted by Gasteiger charge is 2.25. The van der Waals surface area contributed by atoms with Crippen LogP contribution in [0.2, 0.25) is 0 Å². The Hall–Kier alpha value is -1.16. The Labute approximate surface area is 103 Å². The van der Waals surface area contributed by atoms with E-state index in [1.807, 2.05) is 26.8 Å². The molecule has 17 heavy (non-hydrogen) atoms. The standard InChI is InChI=1S/C13H21N3O/c1-10-9-12(15-11(2)14-10)16-7-4-5-13(3,17)6-8-16/h9,17H,4-8H2,1-3H3/t13-/m0/s1. The summed E-state index contributed by atoms with van der Waals surface area (Å²) in [6.45, 7) is 7.67. The molecule has 94 valence electrons. The lowest BCUT2D eigenvalue weighted by Gasteiger charge is -2.23. The van der Waals surface area contributed by atoms with E-state index in [4.69, 9.17) is 0 Å². The lowest BCUT2D eigenvalue weighted by atomic mass is 9.98. The lowest BCUT2D eigenvalue weighted by molar-refractivity contribution is 0.0481. The van der Waals surface area contributed by atoms with Crippen molar-refractivity contribution in [3.05, 3.63) is 17.6 Å². The SMILES string of the molecule is Cc1cc(N2CCC[C@](C)(O)CC2)nc(C)n1. The minimum atomic E-state index is -0.522. The molecule has 2 heterocycles. The first-order valence-corrected chi connectivity index (χ1v) is 6.26. The summed E-state index contributed by atoms with van der Waals surface area (Å²) in [5, 5.41) is 10.1. The maximum Gasteiger partial charge on any atom is 0.132 e. The van der Waals surface area contributed by atoms with Gasteiger partial charge in [-0.15, -0.1) is 0 Å². The molecule has 0 unspecified atom stereocenters. The van der Waals surface area contributed by atoms with Crippen LogP contribution in [0.5, 0.6) is 0 Å². The molecule has 1 fully saturated rings. The van der Waals surface area contributed by atoms with Gasteiger partial charge in [0, 0.05) is 24.8 Å². The van der Waals surface area contributed by atoms with Gasteiger partial charge in [-0.05, 0) is 40.0 Å². The fourth-order valence-corrected chi connectivity index (χ4v) is 2.35. The van der Waals surface area contributed by atoms with Crippen molar-refractivity contribution in [1.29, 1.82) is 0 Å². The second-order valence-corrected chi connectivity index (χ2v) is 5.25. The van der Waals surface area contributed by atoms with Gasteiger partial charge in [-0.3, -0.25) is 0 Å². The molecule has 0 amide bonds. The molecule has 4 nitrogen and oxygen atoms in total. The molecule has 4 heteroatoms. The average molecular weight is 235 g/mol. The zero-order chi connectivity index (χ0) is 12.5. The van der Waals surface area contributed by atoms with Crippen LogP contribution in [0.15, 0.2) is 6.07 Å². The summed E-state index contributed by atoms with van der Waals surface area (Å²) >= 11 is 0. The zero-order valence-corrected chi connectivity index (χ0v) is 10.9. The Morgan fingerprint density at radius 2 is 2.00 bits per heavy atom. The van der Waals surface area contributed by atoms with Crippen LogP contribution >= 0.6 is 0 Å². The van der Waals surface area contributed by atoms with E-state index >= 15 is 0 Å². The van der Waals surface area contributed by atoms with Crippen LogP contribution in [-0.4, -0.2) is 33.8 Å². The van der Waals surface area contributed by atoms with Crippen LogP contribution in [0, 0.1) is 13.8 Å². The van der Waals surface area contributed by atoms with Gasteiger partial charge in [0.15, 0.2) is 0 Å². The van der Waals surface area contributed by atoms with E-state index in [0.717, 1.165) is 49.7 Å². The molecule has 0 radical (unpaired) electrons. The second kappa shape index (κ2) is 4.61. The summed E-state index contributed by atoms with van der Waals surface area (Å²) in [5.41, 5.74) is 0.481. The van der Waals surface area contributed by atoms with Crippen LogP contribution in [0.1, 0.15) is 37.7 Å². The molecule has 1 N–H and O–H groups in total. The lowest BCUT2D eigenvalue weighted by Crippen LogP contribution is -2.29. The maximum atomic E-state index is 10.1. The number of hydrogen-bond acceptors (Lipinski definition) is 4. The van der Waals surface area contributed by atoms with Crippen molar-refractivity contribution in [3.8, 4) is 0 Å². The van der Waals surface area contributed by atoms with E-state index < -0.39 is 5.60 Å². The monoisotopic (exact) mass is 235 g/mol. The summed E-state index contributed by atoms with van der Waals surface area (Å²) in [5.74, 6) is 1.81. The predicted molar refractivity (Wildman–Crippen MR) is 68.2 cm³/mol. The highest BCUT2D eigenvalue weighted by atomic mass is 16.3. The topological polar surface area (TPSA) is 49.2 Å². The van der Waals surface area contributed by atoms with Crippen LogP contribution in [0.3, 0.4) is 0 Å². The smallest absolute Gasteiger partial charge is 0.132 e. The van der Waals surface area contributed by atoms with Crippen molar-refractivity contribution in [2.45, 2.75) is 45.6 Å². The Bertz CT molecular complexity index is 383. The molecule has 1 aliphatic heterocycles. The van der Waals surface area contributed by atoms with Gasteiger partial charge in [0.1, 0.15) is 11.6 Å². The van der Waals surface area contributed by atoms with Crippen LogP contribution in [0.25, 0.3) is 0 Å². The molecule has 2 rings (SSSR count). The van der Waals surface area contributed by atoms with Gasteiger partial charge in [0.25, 0.3) is 0 Å². The van der Waals surface area contributed by atoms with Crippen molar-refractivity contribution < 1.29 is 5.11 Å². The first kappa shape index (κ1) is 12.3. The van der Waals surface area contributed by atoms with Crippen molar-refractivity contribution in [1.82, 2.24) is 9.97 Å². The molecule has 1 saturated heterocycles. The van der Waals surface area contributed by atoms with E-state index in [-0.39, 0.29) is 0 Å². The number of anilines is 1. The van der Waals surface area contributed by atoms with Gasteiger partial charge in [0.2, 0.25) is 0 Å². The van der Waals surface area contributed by atoms with Crippen molar-refractivity contribution >= 4 is 5.82 Å². The fourth-order valence-electron chi connectivity index (χ4n) is 2.35. The molecular weight excluding hydrogens is 214 g/mol. The summed E-state index contributed by atoms with van der Waals surface area (Å²) in [6.07, 6.45) is 2.68. The minimum Gasteiger partial charge on any atom is -0.390 e. The van der Waals surface area contributed by atoms with E-state index in [2.05, 4.69) is 14.9 Å². The third kappa shape index (κ3) is 3.16. The molecule has 0 aromatic carbocycles. The van der Waals surface area contributed by atoms with Crippen molar-refractivity contribution in [3.63, 3.8) is 0 Å². The first-order chi connectivity index (χ1) is 7.96. The fraction of sp³-hybridized carbons (Fsp3) is 0.692. The summed E-state index contributed by atoms with van der Waals surface area (Å²) in [7, 11) is 0. The minimum absolute atomic E-state index is 0.522. The highest BCUT2D eigenvalue weighted by molar-refractivity contribution is 5.39. The van der Waals surface area contributed by atoms with Gasteiger partial charge < -0.3 is 10.0 Å². The molecule has 1 atom stereocenters. The van der Waals surface area contributed by atoms with Crippen molar-refractivity contribution in [2.24, 2.45) is 0 Å². The zero-order valence-electron chi connectivity index (χ0n) is 10.9. The molecular formula is C13H21N3O. The number of aromatic nitrogens is 2. The third-order valence-electron chi connectivity index (χ3n) is 3.34. The molecule has 0 saturated carbocycles. The van der Waals surface area contributed by atoms with Gasteiger partial charge in [-0.1, -0.05) is 0 Å².